The van der Waals surface area contributed by atoms with Gasteiger partial charge in [-0.3, -0.25) is 4.31 Å². The van der Waals surface area contributed by atoms with Gasteiger partial charge in [0, 0.05) is 18.2 Å². The molecule has 0 aliphatic carbocycles. The summed E-state index contributed by atoms with van der Waals surface area (Å²) in [4.78, 5) is 0.334. The molecule has 2 heterocycles. The molecule has 140 valence electrons. The SMILES string of the molecule is Cc1cc(-c2ccc(C(C)C)c(S(=O)(=O)N3CCc4ccccc43)c2)on1. The summed E-state index contributed by atoms with van der Waals surface area (Å²) in [7, 11) is -3.68. The molecule has 6 heteroatoms. The van der Waals surface area contributed by atoms with Crippen molar-refractivity contribution in [3.8, 4) is 11.3 Å². The lowest BCUT2D eigenvalue weighted by Gasteiger charge is -2.23. The van der Waals surface area contributed by atoms with E-state index in [0.29, 0.717) is 22.8 Å². The lowest BCUT2D eigenvalue weighted by molar-refractivity contribution is 0.427. The summed E-state index contributed by atoms with van der Waals surface area (Å²) in [6, 6.07) is 15.0. The van der Waals surface area contributed by atoms with E-state index < -0.39 is 10.0 Å². The number of aryl methyl sites for hydroxylation is 1. The molecule has 2 aromatic carbocycles. The van der Waals surface area contributed by atoms with Crippen LogP contribution in [0.25, 0.3) is 11.3 Å². The van der Waals surface area contributed by atoms with E-state index in [1.807, 2.05) is 63.2 Å². The number of hydrogen-bond donors (Lipinski definition) is 0. The standard InChI is InChI=1S/C21H22N2O3S/c1-14(2)18-9-8-17(20-12-15(3)22-26-20)13-21(18)27(24,25)23-11-10-16-6-4-5-7-19(16)23/h4-9,12-14H,10-11H2,1-3H3. The van der Waals surface area contributed by atoms with Crippen LogP contribution in [0.1, 0.15) is 36.6 Å². The largest absolute Gasteiger partial charge is 0.356 e. The summed E-state index contributed by atoms with van der Waals surface area (Å²) < 4.78 is 34.1. The lowest BCUT2D eigenvalue weighted by atomic mass is 10.0. The second-order valence-corrected chi connectivity index (χ2v) is 9.03. The zero-order chi connectivity index (χ0) is 19.2. The van der Waals surface area contributed by atoms with Gasteiger partial charge in [0.05, 0.1) is 16.3 Å². The molecule has 0 amide bonds. The fourth-order valence-electron chi connectivity index (χ4n) is 3.56. The van der Waals surface area contributed by atoms with Crippen molar-refractivity contribution in [2.75, 3.05) is 10.8 Å². The lowest BCUT2D eigenvalue weighted by Crippen LogP contribution is -2.30. The first-order valence-electron chi connectivity index (χ1n) is 9.06. The van der Waals surface area contributed by atoms with Crippen molar-refractivity contribution in [3.63, 3.8) is 0 Å². The molecule has 0 saturated heterocycles. The molecule has 27 heavy (non-hydrogen) atoms. The molecule has 0 N–H and O–H groups in total. The van der Waals surface area contributed by atoms with Crippen molar-refractivity contribution in [1.82, 2.24) is 5.16 Å². The van der Waals surface area contributed by atoms with Crippen molar-refractivity contribution in [2.45, 2.75) is 38.0 Å². The number of para-hydroxylation sites is 1. The Kier molecular flexibility index (Phi) is 4.30. The zero-order valence-corrected chi connectivity index (χ0v) is 16.5. The molecule has 4 rings (SSSR count). The first-order chi connectivity index (χ1) is 12.9. The Balaban J connectivity index is 1.86. The Morgan fingerprint density at radius 2 is 1.89 bits per heavy atom. The van der Waals surface area contributed by atoms with Crippen molar-refractivity contribution in [1.29, 1.82) is 0 Å². The topological polar surface area (TPSA) is 63.4 Å². The Morgan fingerprint density at radius 1 is 1.11 bits per heavy atom. The number of fused-ring (bicyclic) bond motifs is 1. The number of benzene rings is 2. The van der Waals surface area contributed by atoms with E-state index in [1.54, 1.807) is 6.07 Å². The zero-order valence-electron chi connectivity index (χ0n) is 15.6. The molecule has 0 unspecified atom stereocenters. The summed E-state index contributed by atoms with van der Waals surface area (Å²) in [5.41, 5.74) is 4.11. The Morgan fingerprint density at radius 3 is 2.59 bits per heavy atom. The molecular formula is C21H22N2O3S. The Hall–Kier alpha value is -2.60. The molecule has 1 aromatic heterocycles. The van der Waals surface area contributed by atoms with Crippen molar-refractivity contribution >= 4 is 15.7 Å². The van der Waals surface area contributed by atoms with Gasteiger partial charge in [0.2, 0.25) is 0 Å². The maximum Gasteiger partial charge on any atom is 0.264 e. The minimum Gasteiger partial charge on any atom is -0.356 e. The van der Waals surface area contributed by atoms with Crippen LogP contribution in [0.4, 0.5) is 5.69 Å². The van der Waals surface area contributed by atoms with Gasteiger partial charge in [-0.15, -0.1) is 0 Å². The number of nitrogens with zero attached hydrogens (tertiary/aromatic N) is 2. The minimum absolute atomic E-state index is 0.0816. The monoisotopic (exact) mass is 382 g/mol. The van der Waals surface area contributed by atoms with E-state index in [1.165, 1.54) is 4.31 Å². The van der Waals surface area contributed by atoms with Gasteiger partial charge in [-0.2, -0.15) is 0 Å². The molecule has 0 bridgehead atoms. The van der Waals surface area contributed by atoms with Crippen LogP contribution in [0.2, 0.25) is 0 Å². The predicted molar refractivity (Wildman–Crippen MR) is 105 cm³/mol. The average Bonchev–Trinajstić information content (AvgIpc) is 3.27. The van der Waals surface area contributed by atoms with Gasteiger partial charge in [0.1, 0.15) is 0 Å². The van der Waals surface area contributed by atoms with Gasteiger partial charge in [-0.1, -0.05) is 49.3 Å². The number of rotatable bonds is 4. The number of hydrogen-bond acceptors (Lipinski definition) is 4. The molecule has 3 aromatic rings. The van der Waals surface area contributed by atoms with Crippen molar-refractivity contribution < 1.29 is 12.9 Å². The third kappa shape index (κ3) is 3.04. The number of aromatic nitrogens is 1. The second-order valence-electron chi connectivity index (χ2n) is 7.20. The molecule has 1 aliphatic heterocycles. The van der Waals surface area contributed by atoms with Crippen LogP contribution in [0, 0.1) is 6.92 Å². The van der Waals surface area contributed by atoms with E-state index in [2.05, 4.69) is 5.16 Å². The minimum atomic E-state index is -3.68. The van der Waals surface area contributed by atoms with Crippen LogP contribution < -0.4 is 4.31 Å². The Bertz CT molecular complexity index is 1100. The maximum absolute atomic E-state index is 13.6. The highest BCUT2D eigenvalue weighted by molar-refractivity contribution is 7.93. The van der Waals surface area contributed by atoms with Crippen LogP contribution in [0.5, 0.6) is 0 Å². The highest BCUT2D eigenvalue weighted by Gasteiger charge is 2.33. The Labute approximate surface area is 159 Å². The maximum atomic E-state index is 13.6. The van der Waals surface area contributed by atoms with Gasteiger partial charge in [-0.05, 0) is 42.5 Å². The van der Waals surface area contributed by atoms with Gasteiger partial charge in [0.15, 0.2) is 5.76 Å². The van der Waals surface area contributed by atoms with Crippen LogP contribution >= 0.6 is 0 Å². The summed E-state index contributed by atoms with van der Waals surface area (Å²) >= 11 is 0. The molecular weight excluding hydrogens is 360 g/mol. The molecule has 0 spiro atoms. The number of sulfonamides is 1. The molecule has 0 fully saturated rings. The second kappa shape index (κ2) is 6.53. The summed E-state index contributed by atoms with van der Waals surface area (Å²) in [6.07, 6.45) is 0.730. The fourth-order valence-corrected chi connectivity index (χ4v) is 5.45. The van der Waals surface area contributed by atoms with Crippen LogP contribution in [-0.2, 0) is 16.4 Å². The molecule has 0 atom stereocenters. The molecule has 1 aliphatic rings. The van der Waals surface area contributed by atoms with E-state index in [0.717, 1.165) is 28.9 Å². The highest BCUT2D eigenvalue weighted by Crippen LogP contribution is 2.37. The highest BCUT2D eigenvalue weighted by atomic mass is 32.2. The van der Waals surface area contributed by atoms with E-state index in [4.69, 9.17) is 4.52 Å². The first kappa shape index (κ1) is 17.8. The van der Waals surface area contributed by atoms with Gasteiger partial charge >= 0.3 is 0 Å². The summed E-state index contributed by atoms with van der Waals surface area (Å²) in [6.45, 7) is 6.31. The molecule has 5 nitrogen and oxygen atoms in total. The van der Waals surface area contributed by atoms with Gasteiger partial charge < -0.3 is 4.52 Å². The molecule has 0 saturated carbocycles. The third-order valence-electron chi connectivity index (χ3n) is 4.96. The van der Waals surface area contributed by atoms with Crippen LogP contribution in [0.3, 0.4) is 0 Å². The van der Waals surface area contributed by atoms with Crippen LogP contribution in [-0.4, -0.2) is 20.1 Å². The third-order valence-corrected chi connectivity index (χ3v) is 6.83. The van der Waals surface area contributed by atoms with Gasteiger partial charge in [0.25, 0.3) is 10.0 Å². The summed E-state index contributed by atoms with van der Waals surface area (Å²) in [5.74, 6) is 0.652. The van der Waals surface area contributed by atoms with E-state index in [9.17, 15) is 8.42 Å². The predicted octanol–water partition coefficient (Wildman–Crippen LogP) is 4.52. The first-order valence-corrected chi connectivity index (χ1v) is 10.5. The fraction of sp³-hybridized carbons (Fsp3) is 0.286. The quantitative estimate of drug-likeness (QED) is 0.665. The van der Waals surface area contributed by atoms with Crippen molar-refractivity contribution in [3.05, 3.63) is 65.4 Å². The van der Waals surface area contributed by atoms with Crippen molar-refractivity contribution in [2.24, 2.45) is 0 Å². The van der Waals surface area contributed by atoms with E-state index >= 15 is 0 Å². The molecule has 0 radical (unpaired) electrons. The normalized spacial score (nSPS) is 14.0. The van der Waals surface area contributed by atoms with Gasteiger partial charge in [-0.25, -0.2) is 8.42 Å². The smallest absolute Gasteiger partial charge is 0.264 e. The van der Waals surface area contributed by atoms with Crippen LogP contribution in [0.15, 0.2) is 57.9 Å². The average molecular weight is 382 g/mol. The summed E-state index contributed by atoms with van der Waals surface area (Å²) in [5, 5.41) is 3.91. The number of anilines is 1. The van der Waals surface area contributed by atoms with E-state index in [-0.39, 0.29) is 5.92 Å².